The van der Waals surface area contributed by atoms with Gasteiger partial charge in [0, 0.05) is 12.7 Å². The molecule has 25 heavy (non-hydrogen) atoms. The summed E-state index contributed by atoms with van der Waals surface area (Å²) in [5.74, 6) is 0.0323. The minimum atomic E-state index is -4.53. The average molecular weight is 366 g/mol. The molecule has 3 heterocycles. The van der Waals surface area contributed by atoms with E-state index < -0.39 is 17.8 Å². The third-order valence-corrected chi connectivity index (χ3v) is 4.32. The molecule has 0 aliphatic rings. The number of aromatic nitrogens is 1. The molecular weight excluding hydrogens is 353 g/mol. The molecule has 0 fully saturated rings. The molecule has 1 N–H and O–H groups in total. The summed E-state index contributed by atoms with van der Waals surface area (Å²) >= 11 is 1.53. The fourth-order valence-corrected chi connectivity index (χ4v) is 3.05. The van der Waals surface area contributed by atoms with Crippen LogP contribution in [-0.4, -0.2) is 17.4 Å². The summed E-state index contributed by atoms with van der Waals surface area (Å²) in [5, 5.41) is 6.60. The number of halogens is 3. The van der Waals surface area contributed by atoms with Gasteiger partial charge in [0.05, 0.1) is 17.7 Å². The lowest BCUT2D eigenvalue weighted by molar-refractivity contribution is -0.141. The lowest BCUT2D eigenvalue weighted by Gasteiger charge is -2.14. The Balaban J connectivity index is 1.70. The van der Waals surface area contributed by atoms with Gasteiger partial charge in [-0.15, -0.1) is 0 Å². The molecule has 3 aromatic heterocycles. The van der Waals surface area contributed by atoms with Gasteiger partial charge < -0.3 is 9.73 Å². The van der Waals surface area contributed by atoms with Crippen LogP contribution >= 0.6 is 11.3 Å². The van der Waals surface area contributed by atoms with Gasteiger partial charge in [-0.05, 0) is 46.7 Å². The number of carbonyl (C=O) groups excluding carboxylic acids is 1. The molecule has 0 aliphatic carbocycles. The van der Waals surface area contributed by atoms with E-state index in [9.17, 15) is 18.0 Å². The predicted molar refractivity (Wildman–Crippen MR) is 86.4 cm³/mol. The molecule has 0 spiro atoms. The zero-order chi connectivity index (χ0) is 17.9. The Morgan fingerprint density at radius 1 is 1.28 bits per heavy atom. The maximum absolute atomic E-state index is 12.5. The van der Waals surface area contributed by atoms with Crippen molar-refractivity contribution >= 4 is 17.2 Å². The van der Waals surface area contributed by atoms with E-state index in [4.69, 9.17) is 4.42 Å². The van der Waals surface area contributed by atoms with E-state index in [2.05, 4.69) is 10.3 Å². The maximum atomic E-state index is 12.5. The van der Waals surface area contributed by atoms with Crippen molar-refractivity contribution in [1.82, 2.24) is 10.3 Å². The molecule has 1 unspecified atom stereocenters. The zero-order valence-corrected chi connectivity index (χ0v) is 13.6. The minimum Gasteiger partial charge on any atom is -0.469 e. The van der Waals surface area contributed by atoms with Crippen molar-refractivity contribution < 1.29 is 22.4 Å². The highest BCUT2D eigenvalue weighted by molar-refractivity contribution is 7.08. The van der Waals surface area contributed by atoms with E-state index >= 15 is 0 Å². The monoisotopic (exact) mass is 366 g/mol. The Hall–Kier alpha value is -2.61. The van der Waals surface area contributed by atoms with Crippen molar-refractivity contribution in [3.05, 3.63) is 76.1 Å². The molecule has 0 saturated carbocycles. The lowest BCUT2D eigenvalue weighted by atomic mass is 9.99. The molecule has 3 rings (SSSR count). The highest BCUT2D eigenvalue weighted by Crippen LogP contribution is 2.28. The van der Waals surface area contributed by atoms with Crippen LogP contribution in [0.15, 0.2) is 58.0 Å². The van der Waals surface area contributed by atoms with E-state index in [1.807, 2.05) is 22.9 Å². The van der Waals surface area contributed by atoms with Crippen LogP contribution in [0.3, 0.4) is 0 Å². The van der Waals surface area contributed by atoms with E-state index in [0.717, 1.165) is 23.9 Å². The minimum absolute atomic E-state index is 0.0662. The van der Waals surface area contributed by atoms with Crippen LogP contribution in [0.2, 0.25) is 0 Å². The number of nitrogens with one attached hydrogen (secondary N) is 1. The molecule has 0 bridgehead atoms. The molecule has 0 radical (unpaired) electrons. The number of amides is 1. The molecule has 0 aliphatic heterocycles. The SMILES string of the molecule is O=C(NCC(c1ccsc1)c1ccco1)c1ccc(C(F)(F)F)nc1. The number of thiophene rings is 1. The van der Waals surface area contributed by atoms with Gasteiger partial charge in [-0.2, -0.15) is 24.5 Å². The van der Waals surface area contributed by atoms with Gasteiger partial charge in [-0.1, -0.05) is 0 Å². The molecule has 130 valence electrons. The number of carbonyl (C=O) groups is 1. The second-order valence-electron chi connectivity index (χ2n) is 5.26. The van der Waals surface area contributed by atoms with Crippen molar-refractivity contribution in [1.29, 1.82) is 0 Å². The second kappa shape index (κ2) is 7.10. The third-order valence-electron chi connectivity index (χ3n) is 3.62. The number of hydrogen-bond donors (Lipinski definition) is 1. The van der Waals surface area contributed by atoms with Gasteiger partial charge >= 0.3 is 6.18 Å². The first kappa shape index (κ1) is 17.2. The molecule has 1 amide bonds. The zero-order valence-electron chi connectivity index (χ0n) is 12.8. The predicted octanol–water partition coefficient (Wildman–Crippen LogP) is 4.32. The Morgan fingerprint density at radius 3 is 2.68 bits per heavy atom. The van der Waals surface area contributed by atoms with Crippen LogP contribution < -0.4 is 5.32 Å². The normalized spacial score (nSPS) is 12.8. The number of rotatable bonds is 5. The standard InChI is InChI=1S/C17H13F3N2O2S/c18-17(19,20)15-4-3-11(8-21-15)16(23)22-9-13(12-5-7-25-10-12)14-2-1-6-24-14/h1-8,10,13H,9H2,(H,22,23). The molecule has 3 aromatic rings. The highest BCUT2D eigenvalue weighted by Gasteiger charge is 2.32. The van der Waals surface area contributed by atoms with Crippen LogP contribution in [0, 0.1) is 0 Å². The largest absolute Gasteiger partial charge is 0.469 e. The van der Waals surface area contributed by atoms with Crippen LogP contribution in [0.5, 0.6) is 0 Å². The third kappa shape index (κ3) is 4.08. The Labute approximate surface area is 145 Å². The summed E-state index contributed by atoms with van der Waals surface area (Å²) in [6.45, 7) is 0.254. The van der Waals surface area contributed by atoms with Crippen molar-refractivity contribution in [3.63, 3.8) is 0 Å². The lowest BCUT2D eigenvalue weighted by Crippen LogP contribution is -2.28. The molecule has 0 aromatic carbocycles. The van der Waals surface area contributed by atoms with Crippen molar-refractivity contribution in [3.8, 4) is 0 Å². The van der Waals surface area contributed by atoms with Gasteiger partial charge in [-0.3, -0.25) is 9.78 Å². The van der Waals surface area contributed by atoms with Crippen LogP contribution in [0.1, 0.15) is 33.3 Å². The van der Waals surface area contributed by atoms with Crippen LogP contribution in [0.25, 0.3) is 0 Å². The topological polar surface area (TPSA) is 55.1 Å². The van der Waals surface area contributed by atoms with Gasteiger partial charge in [0.1, 0.15) is 11.5 Å². The number of nitrogens with zero attached hydrogens (tertiary/aromatic N) is 1. The number of furan rings is 1. The van der Waals surface area contributed by atoms with E-state index in [1.54, 1.807) is 12.3 Å². The first-order valence-corrected chi connectivity index (χ1v) is 8.26. The van der Waals surface area contributed by atoms with Crippen molar-refractivity contribution in [2.75, 3.05) is 6.54 Å². The number of pyridine rings is 1. The number of alkyl halides is 3. The molecular formula is C17H13F3N2O2S. The maximum Gasteiger partial charge on any atom is 0.433 e. The summed E-state index contributed by atoms with van der Waals surface area (Å²) in [5.41, 5.74) is 0.0260. The summed E-state index contributed by atoms with van der Waals surface area (Å²) < 4.78 is 43.0. The summed E-state index contributed by atoms with van der Waals surface area (Å²) in [7, 11) is 0. The second-order valence-corrected chi connectivity index (χ2v) is 6.04. The molecule has 0 saturated heterocycles. The van der Waals surface area contributed by atoms with Gasteiger partial charge in [0.25, 0.3) is 5.91 Å². The van der Waals surface area contributed by atoms with Gasteiger partial charge in [-0.25, -0.2) is 0 Å². The Morgan fingerprint density at radius 2 is 2.12 bits per heavy atom. The van der Waals surface area contributed by atoms with E-state index in [-0.39, 0.29) is 18.0 Å². The number of hydrogen-bond acceptors (Lipinski definition) is 4. The summed E-state index contributed by atoms with van der Waals surface area (Å²) in [4.78, 5) is 15.5. The van der Waals surface area contributed by atoms with E-state index in [1.165, 1.54) is 11.3 Å². The molecule has 8 heteroatoms. The van der Waals surface area contributed by atoms with Crippen LogP contribution in [-0.2, 0) is 6.18 Å². The first-order valence-electron chi connectivity index (χ1n) is 7.32. The molecule has 4 nitrogen and oxygen atoms in total. The quantitative estimate of drug-likeness (QED) is 0.732. The Kier molecular flexibility index (Phi) is 4.89. The van der Waals surface area contributed by atoms with Crippen LogP contribution in [0.4, 0.5) is 13.2 Å². The van der Waals surface area contributed by atoms with Gasteiger partial charge in [0.15, 0.2) is 0 Å². The fraction of sp³-hybridized carbons (Fsp3) is 0.176. The van der Waals surface area contributed by atoms with Crippen molar-refractivity contribution in [2.24, 2.45) is 0 Å². The van der Waals surface area contributed by atoms with E-state index in [0.29, 0.717) is 5.76 Å². The van der Waals surface area contributed by atoms with Gasteiger partial charge in [0.2, 0.25) is 0 Å². The smallest absolute Gasteiger partial charge is 0.433 e. The Bertz CT molecular complexity index is 778. The molecule has 1 atom stereocenters. The summed E-state index contributed by atoms with van der Waals surface area (Å²) in [6.07, 6.45) is -2.06. The van der Waals surface area contributed by atoms with Crippen molar-refractivity contribution in [2.45, 2.75) is 12.1 Å². The highest BCUT2D eigenvalue weighted by atomic mass is 32.1. The summed E-state index contributed by atoms with van der Waals surface area (Å²) in [6, 6.07) is 7.41. The fourth-order valence-electron chi connectivity index (χ4n) is 2.34. The first-order chi connectivity index (χ1) is 11.9. The average Bonchev–Trinajstić information content (AvgIpc) is 3.28.